The number of ketones is 1. The van der Waals surface area contributed by atoms with Crippen molar-refractivity contribution in [2.45, 2.75) is 36.6 Å². The summed E-state index contributed by atoms with van der Waals surface area (Å²) in [5.41, 5.74) is 0. The summed E-state index contributed by atoms with van der Waals surface area (Å²) in [7, 11) is -3.38. The lowest BCUT2D eigenvalue weighted by molar-refractivity contribution is -0.146. The Kier molecular flexibility index (Phi) is 4.04. The second-order valence-corrected chi connectivity index (χ2v) is 8.12. The molecule has 1 amide bonds. The van der Waals surface area contributed by atoms with Gasteiger partial charge in [0.1, 0.15) is 5.78 Å². The zero-order valence-corrected chi connectivity index (χ0v) is 13.1. The molecule has 1 aliphatic carbocycles. The van der Waals surface area contributed by atoms with Gasteiger partial charge in [-0.3, -0.25) is 9.59 Å². The van der Waals surface area contributed by atoms with Gasteiger partial charge in [-0.1, -0.05) is 18.2 Å². The third-order valence-electron chi connectivity index (χ3n) is 4.62. The molecule has 2 fully saturated rings. The van der Waals surface area contributed by atoms with E-state index >= 15 is 0 Å². The van der Waals surface area contributed by atoms with Crippen LogP contribution in [0.5, 0.6) is 0 Å². The van der Waals surface area contributed by atoms with E-state index in [1.807, 2.05) is 0 Å². The smallest absolute Gasteiger partial charge is 0.223 e. The minimum absolute atomic E-state index is 0.0231. The first-order valence-corrected chi connectivity index (χ1v) is 9.22. The van der Waals surface area contributed by atoms with Crippen LogP contribution in [0.25, 0.3) is 0 Å². The first-order valence-electron chi connectivity index (χ1n) is 7.57. The Hall–Kier alpha value is -1.69. The van der Waals surface area contributed by atoms with Gasteiger partial charge in [-0.2, -0.15) is 0 Å². The number of benzene rings is 1. The van der Waals surface area contributed by atoms with Crippen molar-refractivity contribution in [1.82, 2.24) is 4.90 Å². The van der Waals surface area contributed by atoms with Gasteiger partial charge >= 0.3 is 0 Å². The minimum atomic E-state index is -3.38. The first-order chi connectivity index (χ1) is 10.5. The highest BCUT2D eigenvalue weighted by atomic mass is 32.2. The zero-order chi connectivity index (χ0) is 15.7. The second kappa shape index (κ2) is 5.83. The molecule has 0 unspecified atom stereocenters. The number of hydrogen-bond donors (Lipinski definition) is 0. The van der Waals surface area contributed by atoms with Gasteiger partial charge in [0.2, 0.25) is 5.91 Å². The maximum Gasteiger partial charge on any atom is 0.223 e. The van der Waals surface area contributed by atoms with Gasteiger partial charge in [0.05, 0.1) is 10.6 Å². The molecule has 1 aromatic rings. The number of Topliss-reactive ketones (excluding diaryl/α,β-unsaturated/α-hetero) is 1. The fraction of sp³-hybridized carbons (Fsp3) is 0.500. The molecule has 2 bridgehead atoms. The van der Waals surface area contributed by atoms with Crippen molar-refractivity contribution in [1.29, 1.82) is 0 Å². The Labute approximate surface area is 130 Å². The SMILES string of the molecule is O=C1CC[C@H]2C[C@@H]1CC(=O)N2CCS(=O)(=O)c1ccccc1. The number of fused-ring (bicyclic) bond motifs is 2. The van der Waals surface area contributed by atoms with Gasteiger partial charge < -0.3 is 4.90 Å². The van der Waals surface area contributed by atoms with Crippen LogP contribution in [0.4, 0.5) is 0 Å². The van der Waals surface area contributed by atoms with Gasteiger partial charge in [-0.25, -0.2) is 8.42 Å². The van der Waals surface area contributed by atoms with E-state index in [1.165, 1.54) is 0 Å². The van der Waals surface area contributed by atoms with Gasteiger partial charge in [0.15, 0.2) is 9.84 Å². The van der Waals surface area contributed by atoms with Crippen LogP contribution >= 0.6 is 0 Å². The van der Waals surface area contributed by atoms with E-state index in [4.69, 9.17) is 0 Å². The summed E-state index contributed by atoms with van der Waals surface area (Å²) in [6.45, 7) is 0.210. The van der Waals surface area contributed by atoms with Crippen molar-refractivity contribution >= 4 is 21.5 Å². The highest BCUT2D eigenvalue weighted by Gasteiger charge is 2.40. The van der Waals surface area contributed by atoms with Crippen molar-refractivity contribution in [3.05, 3.63) is 30.3 Å². The molecule has 0 radical (unpaired) electrons. The molecular weight excluding hydrogens is 302 g/mol. The summed E-state index contributed by atoms with van der Waals surface area (Å²) in [5.74, 6) is -0.121. The van der Waals surface area contributed by atoms with Crippen LogP contribution < -0.4 is 0 Å². The Morgan fingerprint density at radius 1 is 1.14 bits per heavy atom. The van der Waals surface area contributed by atoms with Crippen LogP contribution in [0.3, 0.4) is 0 Å². The van der Waals surface area contributed by atoms with E-state index in [0.717, 1.165) is 0 Å². The summed E-state index contributed by atoms with van der Waals surface area (Å²) in [4.78, 5) is 25.8. The summed E-state index contributed by atoms with van der Waals surface area (Å²) >= 11 is 0. The number of hydrogen-bond acceptors (Lipinski definition) is 4. The number of carbonyl (C=O) groups is 2. The monoisotopic (exact) mass is 321 g/mol. The second-order valence-electron chi connectivity index (χ2n) is 6.01. The quantitative estimate of drug-likeness (QED) is 0.841. The molecule has 0 N–H and O–H groups in total. The highest BCUT2D eigenvalue weighted by Crippen LogP contribution is 2.33. The topological polar surface area (TPSA) is 71.5 Å². The molecule has 1 saturated carbocycles. The first kappa shape index (κ1) is 15.2. The van der Waals surface area contributed by atoms with E-state index in [-0.39, 0.29) is 47.3 Å². The molecule has 0 spiro atoms. The number of sulfone groups is 1. The van der Waals surface area contributed by atoms with E-state index in [1.54, 1.807) is 35.2 Å². The van der Waals surface area contributed by atoms with Gasteiger partial charge in [0.25, 0.3) is 0 Å². The molecule has 1 heterocycles. The van der Waals surface area contributed by atoms with Crippen molar-refractivity contribution in [2.75, 3.05) is 12.3 Å². The van der Waals surface area contributed by atoms with Gasteiger partial charge in [-0.05, 0) is 25.0 Å². The van der Waals surface area contributed by atoms with Crippen LogP contribution in [0.2, 0.25) is 0 Å². The Morgan fingerprint density at radius 2 is 1.86 bits per heavy atom. The van der Waals surface area contributed by atoms with E-state index in [0.29, 0.717) is 19.3 Å². The molecule has 5 nitrogen and oxygen atoms in total. The molecule has 2 atom stereocenters. The van der Waals surface area contributed by atoms with Crippen LogP contribution in [-0.4, -0.2) is 43.3 Å². The molecule has 1 saturated heterocycles. The molecule has 22 heavy (non-hydrogen) atoms. The lowest BCUT2D eigenvalue weighted by Crippen LogP contribution is -2.52. The molecule has 1 aromatic carbocycles. The predicted octanol–water partition coefficient (Wildman–Crippen LogP) is 1.43. The summed E-state index contributed by atoms with van der Waals surface area (Å²) in [6, 6.07) is 8.32. The fourth-order valence-electron chi connectivity index (χ4n) is 3.37. The molecule has 3 rings (SSSR count). The molecule has 2 aliphatic rings. The molecular formula is C16H19NO4S. The van der Waals surface area contributed by atoms with Crippen molar-refractivity contribution in [2.24, 2.45) is 5.92 Å². The molecule has 6 heteroatoms. The van der Waals surface area contributed by atoms with Crippen LogP contribution in [0.1, 0.15) is 25.7 Å². The predicted molar refractivity (Wildman–Crippen MR) is 81.0 cm³/mol. The number of likely N-dealkylation sites (tertiary alicyclic amines) is 1. The largest absolute Gasteiger partial charge is 0.339 e. The van der Waals surface area contributed by atoms with Gasteiger partial charge in [0, 0.05) is 31.3 Å². The number of nitrogens with zero attached hydrogens (tertiary/aromatic N) is 1. The molecule has 1 aliphatic heterocycles. The number of carbonyl (C=O) groups excluding carboxylic acids is 2. The minimum Gasteiger partial charge on any atom is -0.339 e. The van der Waals surface area contributed by atoms with Crippen molar-refractivity contribution in [3.63, 3.8) is 0 Å². The maximum absolute atomic E-state index is 12.3. The summed E-state index contributed by atoms with van der Waals surface area (Å²) < 4.78 is 24.6. The normalized spacial score (nSPS) is 25.4. The Bertz CT molecular complexity index is 683. The summed E-state index contributed by atoms with van der Waals surface area (Å²) in [5, 5.41) is 0. The average molecular weight is 321 g/mol. The number of piperidine rings is 1. The molecule has 0 aromatic heterocycles. The third kappa shape index (κ3) is 2.92. The zero-order valence-electron chi connectivity index (χ0n) is 12.3. The third-order valence-corrected chi connectivity index (χ3v) is 6.33. The van der Waals surface area contributed by atoms with Crippen molar-refractivity contribution < 1.29 is 18.0 Å². The van der Waals surface area contributed by atoms with Crippen LogP contribution in [0.15, 0.2) is 35.2 Å². The van der Waals surface area contributed by atoms with E-state index in [2.05, 4.69) is 0 Å². The standard InChI is InChI=1S/C16H19NO4S/c18-15-7-6-13-10-12(15)11-16(19)17(13)8-9-22(20,21)14-4-2-1-3-5-14/h1-5,12-13H,6-11H2/t12-,13+/m1/s1. The summed E-state index contributed by atoms with van der Waals surface area (Å²) in [6.07, 6.45) is 2.09. The molecule has 118 valence electrons. The fourth-order valence-corrected chi connectivity index (χ4v) is 4.62. The van der Waals surface area contributed by atoms with Crippen molar-refractivity contribution in [3.8, 4) is 0 Å². The highest BCUT2D eigenvalue weighted by molar-refractivity contribution is 7.91. The Balaban J connectivity index is 1.69. The lowest BCUT2D eigenvalue weighted by Gasteiger charge is -2.42. The van der Waals surface area contributed by atoms with Gasteiger partial charge in [-0.15, -0.1) is 0 Å². The Morgan fingerprint density at radius 3 is 2.59 bits per heavy atom. The number of amides is 1. The van der Waals surface area contributed by atoms with Crippen LogP contribution in [0, 0.1) is 5.92 Å². The van der Waals surface area contributed by atoms with E-state index in [9.17, 15) is 18.0 Å². The number of rotatable bonds is 4. The van der Waals surface area contributed by atoms with E-state index < -0.39 is 9.84 Å². The lowest BCUT2D eigenvalue weighted by atomic mass is 9.78. The van der Waals surface area contributed by atoms with Crippen LogP contribution in [-0.2, 0) is 19.4 Å². The maximum atomic E-state index is 12.3. The average Bonchev–Trinajstić information content (AvgIpc) is 2.51.